The van der Waals surface area contributed by atoms with Gasteiger partial charge in [-0.1, -0.05) is 6.92 Å². The van der Waals surface area contributed by atoms with Crippen LogP contribution in [0.4, 0.5) is 0 Å². The van der Waals surface area contributed by atoms with Crippen LogP contribution < -0.4 is 0 Å². The second-order valence-electron chi connectivity index (χ2n) is 6.93. The van der Waals surface area contributed by atoms with Crippen molar-refractivity contribution in [3.8, 4) is 0 Å². The molecule has 1 amide bonds. The van der Waals surface area contributed by atoms with Crippen molar-refractivity contribution in [2.24, 2.45) is 0 Å². The van der Waals surface area contributed by atoms with Crippen LogP contribution in [0.5, 0.6) is 0 Å². The van der Waals surface area contributed by atoms with Gasteiger partial charge in [0.25, 0.3) is 5.91 Å². The van der Waals surface area contributed by atoms with Gasteiger partial charge in [0.1, 0.15) is 0 Å². The maximum Gasteiger partial charge on any atom is 0.263 e. The number of aromatic amines is 1. The molecule has 134 valence electrons. The number of nitrogens with one attached hydrogen (secondary N) is 1. The van der Waals surface area contributed by atoms with Crippen molar-refractivity contribution < 1.29 is 9.53 Å². The zero-order chi connectivity index (χ0) is 17.2. The van der Waals surface area contributed by atoms with Crippen LogP contribution in [0.15, 0.2) is 18.3 Å². The predicted molar refractivity (Wildman–Crippen MR) is 98.1 cm³/mol. The number of carbonyl (C=O) groups excluding carboxylic acids is 1. The average molecular weight is 359 g/mol. The van der Waals surface area contributed by atoms with Gasteiger partial charge in [-0.15, -0.1) is 11.3 Å². The number of H-pyrrole nitrogens is 1. The van der Waals surface area contributed by atoms with Crippen LogP contribution in [-0.2, 0) is 11.2 Å². The van der Waals surface area contributed by atoms with Crippen LogP contribution in [0.25, 0.3) is 0 Å². The highest BCUT2D eigenvalue weighted by Gasteiger charge is 2.28. The van der Waals surface area contributed by atoms with Crippen molar-refractivity contribution in [1.29, 1.82) is 0 Å². The molecular formula is C19H25N3O2S. The zero-order valence-electron chi connectivity index (χ0n) is 14.7. The number of ether oxygens (including phenoxy) is 1. The Morgan fingerprint density at radius 1 is 1.36 bits per heavy atom. The number of thiophene rings is 1. The minimum Gasteiger partial charge on any atom is -0.373 e. The van der Waals surface area contributed by atoms with Crippen LogP contribution in [0.1, 0.15) is 70.4 Å². The van der Waals surface area contributed by atoms with E-state index in [2.05, 4.69) is 23.2 Å². The molecule has 2 saturated heterocycles. The summed E-state index contributed by atoms with van der Waals surface area (Å²) in [5, 5.41) is 7.37. The van der Waals surface area contributed by atoms with E-state index in [1.54, 1.807) is 11.3 Å². The topological polar surface area (TPSA) is 58.2 Å². The Kier molecular flexibility index (Phi) is 4.90. The lowest BCUT2D eigenvalue weighted by atomic mass is 9.91. The molecule has 4 heterocycles. The van der Waals surface area contributed by atoms with Crippen molar-refractivity contribution in [3.05, 3.63) is 39.3 Å². The van der Waals surface area contributed by atoms with Crippen LogP contribution in [0.3, 0.4) is 0 Å². The smallest absolute Gasteiger partial charge is 0.263 e. The third-order valence-corrected chi connectivity index (χ3v) is 6.57. The molecule has 5 nitrogen and oxygen atoms in total. The molecule has 0 bridgehead atoms. The fourth-order valence-corrected chi connectivity index (χ4v) is 4.99. The van der Waals surface area contributed by atoms with Crippen LogP contribution in [-0.4, -0.2) is 40.7 Å². The molecule has 1 atom stereocenters. The molecule has 2 fully saturated rings. The number of likely N-dealkylation sites (tertiary alicyclic amines) is 1. The normalized spacial score (nSPS) is 21.8. The summed E-state index contributed by atoms with van der Waals surface area (Å²) in [6, 6.07) is 4.04. The third kappa shape index (κ3) is 3.37. The zero-order valence-corrected chi connectivity index (χ0v) is 15.5. The van der Waals surface area contributed by atoms with Gasteiger partial charge in [-0.3, -0.25) is 9.89 Å². The highest BCUT2D eigenvalue weighted by atomic mass is 32.1. The number of hydrogen-bond donors (Lipinski definition) is 1. The second kappa shape index (κ2) is 7.30. The van der Waals surface area contributed by atoms with E-state index in [1.165, 1.54) is 16.1 Å². The summed E-state index contributed by atoms with van der Waals surface area (Å²) in [6.45, 7) is 4.64. The predicted octanol–water partition coefficient (Wildman–Crippen LogP) is 3.90. The van der Waals surface area contributed by atoms with Crippen LogP contribution in [0, 0.1) is 0 Å². The van der Waals surface area contributed by atoms with Crippen molar-refractivity contribution >= 4 is 17.2 Å². The summed E-state index contributed by atoms with van der Waals surface area (Å²) in [5.41, 5.74) is 2.58. The highest BCUT2D eigenvalue weighted by Crippen LogP contribution is 2.35. The molecular weight excluding hydrogens is 334 g/mol. The van der Waals surface area contributed by atoms with E-state index < -0.39 is 0 Å². The minimum absolute atomic E-state index is 0.174. The van der Waals surface area contributed by atoms with E-state index >= 15 is 0 Å². The summed E-state index contributed by atoms with van der Waals surface area (Å²) in [4.78, 5) is 16.9. The number of hydrogen-bond acceptors (Lipinski definition) is 4. The molecule has 2 aromatic rings. The molecule has 0 unspecified atom stereocenters. The molecule has 6 heteroatoms. The van der Waals surface area contributed by atoms with E-state index in [0.717, 1.165) is 56.7 Å². The molecule has 2 aliphatic heterocycles. The number of nitrogens with zero attached hydrogens (tertiary/aromatic N) is 2. The molecule has 2 aromatic heterocycles. The number of aromatic nitrogens is 2. The Hall–Kier alpha value is -1.66. The van der Waals surface area contributed by atoms with Gasteiger partial charge in [0.05, 0.1) is 17.2 Å². The van der Waals surface area contributed by atoms with Crippen LogP contribution >= 0.6 is 11.3 Å². The number of rotatable bonds is 4. The van der Waals surface area contributed by atoms with Crippen molar-refractivity contribution in [3.63, 3.8) is 0 Å². The Morgan fingerprint density at radius 3 is 2.92 bits per heavy atom. The quantitative estimate of drug-likeness (QED) is 0.900. The monoisotopic (exact) mass is 359 g/mol. The van der Waals surface area contributed by atoms with E-state index in [1.807, 2.05) is 17.2 Å². The average Bonchev–Trinajstić information content (AvgIpc) is 3.41. The Balaban J connectivity index is 1.38. The highest BCUT2D eigenvalue weighted by molar-refractivity contribution is 7.14. The lowest BCUT2D eigenvalue weighted by Gasteiger charge is -2.31. The molecule has 0 spiro atoms. The van der Waals surface area contributed by atoms with Gasteiger partial charge in [0.2, 0.25) is 0 Å². The summed E-state index contributed by atoms with van der Waals surface area (Å²) >= 11 is 1.60. The van der Waals surface area contributed by atoms with Gasteiger partial charge in [0.15, 0.2) is 0 Å². The fraction of sp³-hybridized carbons (Fsp3) is 0.579. The summed E-state index contributed by atoms with van der Waals surface area (Å²) < 4.78 is 5.73. The summed E-state index contributed by atoms with van der Waals surface area (Å²) in [7, 11) is 0. The lowest BCUT2D eigenvalue weighted by Crippen LogP contribution is -2.37. The molecule has 1 N–H and O–H groups in total. The van der Waals surface area contributed by atoms with Crippen molar-refractivity contribution in [2.45, 2.75) is 51.0 Å². The number of aryl methyl sites for hydroxylation is 1. The minimum atomic E-state index is 0.174. The first-order valence-corrected chi connectivity index (χ1v) is 10.1. The van der Waals surface area contributed by atoms with Gasteiger partial charge in [-0.2, -0.15) is 5.10 Å². The summed E-state index contributed by atoms with van der Waals surface area (Å²) in [5.74, 6) is 0.667. The number of carbonyl (C=O) groups is 1. The molecule has 25 heavy (non-hydrogen) atoms. The molecule has 2 aliphatic rings. The van der Waals surface area contributed by atoms with Gasteiger partial charge in [-0.25, -0.2) is 0 Å². The largest absolute Gasteiger partial charge is 0.373 e. The van der Waals surface area contributed by atoms with E-state index in [4.69, 9.17) is 4.74 Å². The van der Waals surface area contributed by atoms with Crippen molar-refractivity contribution in [2.75, 3.05) is 19.7 Å². The fourth-order valence-electron chi connectivity index (χ4n) is 3.93. The van der Waals surface area contributed by atoms with Crippen LogP contribution in [0.2, 0.25) is 0 Å². The summed E-state index contributed by atoms with van der Waals surface area (Å²) in [6.07, 6.45) is 7.34. The first kappa shape index (κ1) is 16.8. The number of piperidine rings is 1. The Labute approximate surface area is 152 Å². The maximum atomic E-state index is 12.8. The van der Waals surface area contributed by atoms with E-state index in [-0.39, 0.29) is 12.0 Å². The third-order valence-electron chi connectivity index (χ3n) is 5.41. The molecule has 4 rings (SSSR count). The second-order valence-corrected chi connectivity index (χ2v) is 8.05. The molecule has 0 radical (unpaired) electrons. The first-order chi connectivity index (χ1) is 12.3. The van der Waals surface area contributed by atoms with E-state index in [0.29, 0.717) is 5.92 Å². The Bertz CT molecular complexity index is 725. The molecule has 0 saturated carbocycles. The standard InChI is InChI=1S/C19H25N3O2S/c1-2-13-12-20-21-18(13)14-7-9-22(10-8-14)19(23)17-6-5-16(25-17)15-4-3-11-24-15/h5-6,12,14-15H,2-4,7-11H2,1H3,(H,20,21)/t15-/m0/s1. The lowest BCUT2D eigenvalue weighted by molar-refractivity contribution is 0.0717. The Morgan fingerprint density at radius 2 is 2.20 bits per heavy atom. The van der Waals surface area contributed by atoms with Gasteiger partial charge < -0.3 is 9.64 Å². The van der Waals surface area contributed by atoms with Crippen molar-refractivity contribution in [1.82, 2.24) is 15.1 Å². The van der Waals surface area contributed by atoms with Gasteiger partial charge in [-0.05, 0) is 49.8 Å². The maximum absolute atomic E-state index is 12.8. The number of amides is 1. The first-order valence-electron chi connectivity index (χ1n) is 9.29. The molecule has 0 aliphatic carbocycles. The SMILES string of the molecule is CCc1cn[nH]c1C1CCN(C(=O)c2ccc([C@@H]3CCCO3)s2)CC1. The van der Waals surface area contributed by atoms with Gasteiger partial charge >= 0.3 is 0 Å². The van der Waals surface area contributed by atoms with E-state index in [9.17, 15) is 4.79 Å². The van der Waals surface area contributed by atoms with Gasteiger partial charge in [0, 0.05) is 36.2 Å². The molecule has 0 aromatic carbocycles.